The Bertz CT molecular complexity index is 503. The molecular formula is C13H20BrNO3S. The molecule has 0 radical (unpaired) electrons. The van der Waals surface area contributed by atoms with Crippen molar-refractivity contribution < 1.29 is 13.2 Å². The topological polar surface area (TPSA) is 55.4 Å². The first-order chi connectivity index (χ1) is 8.98. The van der Waals surface area contributed by atoms with E-state index in [2.05, 4.69) is 21.2 Å². The van der Waals surface area contributed by atoms with E-state index in [0.29, 0.717) is 5.75 Å². The molecule has 0 saturated heterocycles. The summed E-state index contributed by atoms with van der Waals surface area (Å²) in [7, 11) is -2.97. The minimum absolute atomic E-state index is 0.0576. The van der Waals surface area contributed by atoms with Crippen LogP contribution in [0.4, 0.5) is 0 Å². The molecule has 1 N–H and O–H groups in total. The summed E-state index contributed by atoms with van der Waals surface area (Å²) >= 11 is 3.48. The molecule has 0 aliphatic rings. The quantitative estimate of drug-likeness (QED) is 0.782. The van der Waals surface area contributed by atoms with Gasteiger partial charge >= 0.3 is 0 Å². The van der Waals surface area contributed by atoms with Crippen molar-refractivity contribution in [2.45, 2.75) is 20.4 Å². The van der Waals surface area contributed by atoms with Gasteiger partial charge in [-0.25, -0.2) is 8.42 Å². The van der Waals surface area contributed by atoms with E-state index in [0.717, 1.165) is 23.1 Å². The zero-order valence-electron chi connectivity index (χ0n) is 11.3. The first kappa shape index (κ1) is 16.5. The van der Waals surface area contributed by atoms with Crippen LogP contribution < -0.4 is 10.1 Å². The minimum Gasteiger partial charge on any atom is -0.493 e. The Kier molecular flexibility index (Phi) is 6.82. The molecule has 1 aromatic rings. The highest BCUT2D eigenvalue weighted by Crippen LogP contribution is 2.22. The van der Waals surface area contributed by atoms with Gasteiger partial charge in [-0.05, 0) is 30.3 Å². The molecule has 0 spiro atoms. The van der Waals surface area contributed by atoms with Gasteiger partial charge in [0.1, 0.15) is 12.4 Å². The summed E-state index contributed by atoms with van der Waals surface area (Å²) in [6.45, 7) is 5.53. The van der Waals surface area contributed by atoms with E-state index >= 15 is 0 Å². The molecule has 1 rings (SSSR count). The van der Waals surface area contributed by atoms with Crippen LogP contribution in [0, 0.1) is 0 Å². The molecule has 4 nitrogen and oxygen atoms in total. The Morgan fingerprint density at radius 2 is 2.05 bits per heavy atom. The molecule has 0 bridgehead atoms. The third-order valence-electron chi connectivity index (χ3n) is 2.69. The number of benzene rings is 1. The highest BCUT2D eigenvalue weighted by atomic mass is 79.9. The highest BCUT2D eigenvalue weighted by Gasteiger charge is 2.08. The number of sulfone groups is 1. The van der Waals surface area contributed by atoms with Crippen LogP contribution in [0.3, 0.4) is 0 Å². The zero-order valence-corrected chi connectivity index (χ0v) is 13.7. The standard InChI is InChI=1S/C13H20BrNO3S/c1-3-15-10-11-9-12(5-6-13(11)14)18-7-8-19(16,17)4-2/h5-6,9,15H,3-4,7-8,10H2,1-2H3. The molecule has 108 valence electrons. The second-order valence-corrected chi connectivity index (χ2v) is 7.45. The lowest BCUT2D eigenvalue weighted by Crippen LogP contribution is -2.16. The SMILES string of the molecule is CCNCc1cc(OCCS(=O)(=O)CC)ccc1Br. The van der Waals surface area contributed by atoms with Crippen LogP contribution in [-0.4, -0.2) is 33.1 Å². The maximum absolute atomic E-state index is 11.4. The minimum atomic E-state index is -2.97. The largest absolute Gasteiger partial charge is 0.493 e. The summed E-state index contributed by atoms with van der Waals surface area (Å²) < 4.78 is 29.2. The lowest BCUT2D eigenvalue weighted by Gasteiger charge is -2.10. The molecule has 0 amide bonds. The van der Waals surface area contributed by atoms with E-state index in [1.165, 1.54) is 0 Å². The van der Waals surface area contributed by atoms with Gasteiger partial charge in [-0.3, -0.25) is 0 Å². The van der Waals surface area contributed by atoms with Crippen LogP contribution in [0.2, 0.25) is 0 Å². The van der Waals surface area contributed by atoms with Crippen molar-refractivity contribution in [2.75, 3.05) is 24.7 Å². The number of nitrogens with one attached hydrogen (secondary N) is 1. The molecule has 0 aliphatic heterocycles. The summed E-state index contributed by atoms with van der Waals surface area (Å²) in [5.74, 6) is 0.909. The fourth-order valence-corrected chi connectivity index (χ4v) is 2.48. The number of rotatable bonds is 8. The van der Waals surface area contributed by atoms with Crippen molar-refractivity contribution in [1.29, 1.82) is 0 Å². The van der Waals surface area contributed by atoms with E-state index in [1.807, 2.05) is 25.1 Å². The number of ether oxygens (including phenoxy) is 1. The predicted octanol–water partition coefficient (Wildman–Crippen LogP) is 2.37. The Balaban J connectivity index is 2.59. The second kappa shape index (κ2) is 7.87. The summed E-state index contributed by atoms with van der Waals surface area (Å²) in [6, 6.07) is 5.67. The van der Waals surface area contributed by atoms with Gasteiger partial charge in [-0.1, -0.05) is 29.8 Å². The van der Waals surface area contributed by atoms with Gasteiger partial charge in [-0.15, -0.1) is 0 Å². The van der Waals surface area contributed by atoms with E-state index < -0.39 is 9.84 Å². The number of hydrogen-bond donors (Lipinski definition) is 1. The predicted molar refractivity (Wildman–Crippen MR) is 81.3 cm³/mol. The van der Waals surface area contributed by atoms with E-state index in [4.69, 9.17) is 4.74 Å². The summed E-state index contributed by atoms with van der Waals surface area (Å²) in [5, 5.41) is 3.24. The normalized spacial score (nSPS) is 11.5. The zero-order chi connectivity index (χ0) is 14.3. The third-order valence-corrected chi connectivity index (χ3v) is 5.13. The van der Waals surface area contributed by atoms with Crippen LogP contribution in [0.5, 0.6) is 5.75 Å². The van der Waals surface area contributed by atoms with Crippen LogP contribution >= 0.6 is 15.9 Å². The average molecular weight is 350 g/mol. The molecule has 19 heavy (non-hydrogen) atoms. The van der Waals surface area contributed by atoms with Crippen LogP contribution in [0.15, 0.2) is 22.7 Å². The summed E-state index contributed by atoms with van der Waals surface area (Å²) in [4.78, 5) is 0. The molecule has 0 unspecified atom stereocenters. The molecule has 1 aromatic carbocycles. The molecule has 0 aromatic heterocycles. The van der Waals surface area contributed by atoms with Gasteiger partial charge in [-0.2, -0.15) is 0 Å². The Morgan fingerprint density at radius 3 is 2.68 bits per heavy atom. The van der Waals surface area contributed by atoms with E-state index in [1.54, 1.807) is 6.92 Å². The maximum Gasteiger partial charge on any atom is 0.153 e. The molecule has 0 heterocycles. The molecule has 0 aliphatic carbocycles. The van der Waals surface area contributed by atoms with Gasteiger partial charge in [0.25, 0.3) is 0 Å². The number of hydrogen-bond acceptors (Lipinski definition) is 4. The van der Waals surface area contributed by atoms with Crippen molar-refractivity contribution in [1.82, 2.24) is 5.32 Å². The lowest BCUT2D eigenvalue weighted by molar-refractivity contribution is 0.340. The lowest BCUT2D eigenvalue weighted by atomic mass is 10.2. The summed E-state index contributed by atoms with van der Waals surface area (Å²) in [6.07, 6.45) is 0. The fraction of sp³-hybridized carbons (Fsp3) is 0.538. The molecular weight excluding hydrogens is 330 g/mol. The highest BCUT2D eigenvalue weighted by molar-refractivity contribution is 9.10. The van der Waals surface area contributed by atoms with Gasteiger partial charge in [0, 0.05) is 16.8 Å². The molecule has 0 atom stereocenters. The summed E-state index contributed by atoms with van der Waals surface area (Å²) in [5.41, 5.74) is 1.10. The maximum atomic E-state index is 11.4. The van der Waals surface area contributed by atoms with Crippen LogP contribution in [0.25, 0.3) is 0 Å². The Hall–Kier alpha value is -0.590. The van der Waals surface area contributed by atoms with Gasteiger partial charge < -0.3 is 10.1 Å². The monoisotopic (exact) mass is 349 g/mol. The smallest absolute Gasteiger partial charge is 0.153 e. The molecule has 0 fully saturated rings. The number of halogens is 1. The van der Waals surface area contributed by atoms with Crippen molar-refractivity contribution in [3.05, 3.63) is 28.2 Å². The molecule has 0 saturated carbocycles. The van der Waals surface area contributed by atoms with Crippen LogP contribution in [-0.2, 0) is 16.4 Å². The fourth-order valence-electron chi connectivity index (χ4n) is 1.47. The van der Waals surface area contributed by atoms with Crippen molar-refractivity contribution in [3.63, 3.8) is 0 Å². The van der Waals surface area contributed by atoms with Crippen molar-refractivity contribution in [3.8, 4) is 5.75 Å². The Labute approximate surface area is 123 Å². The van der Waals surface area contributed by atoms with Crippen LogP contribution in [0.1, 0.15) is 19.4 Å². The average Bonchev–Trinajstić information content (AvgIpc) is 2.39. The van der Waals surface area contributed by atoms with Crippen molar-refractivity contribution in [2.24, 2.45) is 0 Å². The van der Waals surface area contributed by atoms with Crippen molar-refractivity contribution >= 4 is 25.8 Å². The van der Waals surface area contributed by atoms with Gasteiger partial charge in [0.15, 0.2) is 9.84 Å². The first-order valence-electron chi connectivity index (χ1n) is 6.31. The Morgan fingerprint density at radius 1 is 1.32 bits per heavy atom. The van der Waals surface area contributed by atoms with Gasteiger partial charge in [0.05, 0.1) is 5.75 Å². The van der Waals surface area contributed by atoms with E-state index in [9.17, 15) is 8.42 Å². The third kappa shape index (κ3) is 5.93. The second-order valence-electron chi connectivity index (χ2n) is 4.12. The van der Waals surface area contributed by atoms with E-state index in [-0.39, 0.29) is 18.1 Å². The molecule has 6 heteroatoms. The first-order valence-corrected chi connectivity index (χ1v) is 8.92. The van der Waals surface area contributed by atoms with Gasteiger partial charge in [0.2, 0.25) is 0 Å².